The first kappa shape index (κ1) is 18.0. The summed E-state index contributed by atoms with van der Waals surface area (Å²) in [7, 11) is -3.09. The fourth-order valence-corrected chi connectivity index (χ4v) is 3.18. The normalized spacial score (nSPS) is 28.4. The largest absolute Gasteiger partial charge is 0.501 e. The fraction of sp³-hybridized carbons (Fsp3) is 1.00. The summed E-state index contributed by atoms with van der Waals surface area (Å²) < 4.78 is 27.0. The van der Waals surface area contributed by atoms with E-state index in [1.165, 1.54) is 0 Å². The van der Waals surface area contributed by atoms with Crippen LogP contribution >= 0.6 is 0 Å². The van der Waals surface area contributed by atoms with Gasteiger partial charge < -0.3 is 33.0 Å². The van der Waals surface area contributed by atoms with Gasteiger partial charge in [0, 0.05) is 5.54 Å². The van der Waals surface area contributed by atoms with Crippen molar-refractivity contribution < 1.29 is 33.0 Å². The molecule has 2 atom stereocenters. The number of aliphatic hydroxyl groups excluding tert-OH is 1. The van der Waals surface area contributed by atoms with Crippen molar-refractivity contribution in [2.75, 3.05) is 52.9 Å². The molecule has 2 unspecified atom stereocenters. The van der Waals surface area contributed by atoms with Gasteiger partial charge in [-0.3, -0.25) is 0 Å². The van der Waals surface area contributed by atoms with Crippen LogP contribution in [0.2, 0.25) is 5.54 Å². The number of hydrogen-bond acceptors (Lipinski definition) is 7. The highest BCUT2D eigenvalue weighted by atomic mass is 28.4. The van der Waals surface area contributed by atoms with Gasteiger partial charge in [-0.1, -0.05) is 13.8 Å². The number of aliphatic hydroxyl groups is 1. The lowest BCUT2D eigenvalue weighted by Crippen LogP contribution is -2.50. The Morgan fingerprint density at radius 3 is 2.60 bits per heavy atom. The van der Waals surface area contributed by atoms with Gasteiger partial charge in [-0.15, -0.1) is 0 Å². The van der Waals surface area contributed by atoms with Crippen LogP contribution in [0.25, 0.3) is 0 Å². The van der Waals surface area contributed by atoms with Crippen molar-refractivity contribution in [3.8, 4) is 0 Å². The van der Waals surface area contributed by atoms with Crippen LogP contribution in [-0.4, -0.2) is 77.7 Å². The van der Waals surface area contributed by atoms with E-state index in [2.05, 4.69) is 0 Å². The zero-order valence-electron chi connectivity index (χ0n) is 12.2. The SMILES string of the molecule is CC(C)[Si]1(O)OCCOC(COCCOCCO)CO1. The van der Waals surface area contributed by atoms with E-state index in [1.54, 1.807) is 0 Å². The molecule has 8 heteroatoms. The maximum Gasteiger partial charge on any atom is 0.501 e. The van der Waals surface area contributed by atoms with Gasteiger partial charge in [0.05, 0.1) is 52.9 Å². The Morgan fingerprint density at radius 2 is 1.90 bits per heavy atom. The first-order valence-electron chi connectivity index (χ1n) is 6.96. The minimum atomic E-state index is -3.09. The Kier molecular flexibility index (Phi) is 8.81. The quantitative estimate of drug-likeness (QED) is 0.473. The molecular weight excluding hydrogens is 284 g/mol. The number of rotatable bonds is 8. The summed E-state index contributed by atoms with van der Waals surface area (Å²) in [4.78, 5) is 10.3. The van der Waals surface area contributed by atoms with Crippen LogP contribution in [-0.2, 0) is 23.1 Å². The second-order valence-electron chi connectivity index (χ2n) is 4.85. The molecule has 1 heterocycles. The van der Waals surface area contributed by atoms with Crippen molar-refractivity contribution in [3.05, 3.63) is 0 Å². The van der Waals surface area contributed by atoms with Crippen molar-refractivity contribution in [2.45, 2.75) is 25.5 Å². The topological polar surface area (TPSA) is 86.6 Å². The highest BCUT2D eigenvalue weighted by Crippen LogP contribution is 2.22. The van der Waals surface area contributed by atoms with Crippen molar-refractivity contribution in [1.82, 2.24) is 0 Å². The van der Waals surface area contributed by atoms with Crippen LogP contribution in [0.5, 0.6) is 0 Å². The van der Waals surface area contributed by atoms with Crippen molar-refractivity contribution in [3.63, 3.8) is 0 Å². The molecule has 0 saturated carbocycles. The first-order chi connectivity index (χ1) is 9.58. The zero-order valence-corrected chi connectivity index (χ0v) is 13.2. The maximum absolute atomic E-state index is 10.3. The summed E-state index contributed by atoms with van der Waals surface area (Å²) in [6, 6.07) is 0. The summed E-state index contributed by atoms with van der Waals surface area (Å²) >= 11 is 0. The highest BCUT2D eigenvalue weighted by Gasteiger charge is 2.42. The lowest BCUT2D eigenvalue weighted by Gasteiger charge is -2.32. The van der Waals surface area contributed by atoms with Crippen LogP contribution in [0.15, 0.2) is 0 Å². The summed E-state index contributed by atoms with van der Waals surface area (Å²) in [5.74, 6) is 0. The van der Waals surface area contributed by atoms with Crippen molar-refractivity contribution in [2.24, 2.45) is 0 Å². The molecule has 0 aromatic rings. The Bertz CT molecular complexity index is 254. The van der Waals surface area contributed by atoms with Crippen molar-refractivity contribution in [1.29, 1.82) is 0 Å². The first-order valence-corrected chi connectivity index (χ1v) is 8.81. The van der Waals surface area contributed by atoms with Gasteiger partial charge in [0.25, 0.3) is 0 Å². The predicted molar refractivity (Wildman–Crippen MR) is 73.4 cm³/mol. The summed E-state index contributed by atoms with van der Waals surface area (Å²) in [5, 5.41) is 8.54. The monoisotopic (exact) mass is 310 g/mol. The average Bonchev–Trinajstić information content (AvgIpc) is 2.40. The molecule has 0 radical (unpaired) electrons. The van der Waals surface area contributed by atoms with E-state index in [9.17, 15) is 4.80 Å². The molecule has 1 fully saturated rings. The molecule has 0 aromatic heterocycles. The van der Waals surface area contributed by atoms with Gasteiger partial charge in [-0.2, -0.15) is 0 Å². The minimum absolute atomic E-state index is 0.0119. The molecule has 120 valence electrons. The van der Waals surface area contributed by atoms with E-state index in [4.69, 9.17) is 28.2 Å². The standard InChI is InChI=1S/C12H26O7Si/c1-11(2)20(14)18-8-7-17-12(10-19-20)9-16-6-5-15-4-3-13/h11-14H,3-10H2,1-2H3. The van der Waals surface area contributed by atoms with Crippen LogP contribution in [0, 0.1) is 0 Å². The maximum atomic E-state index is 10.3. The Hall–Kier alpha value is -0.0631. The smallest absolute Gasteiger partial charge is 0.394 e. The molecule has 7 nitrogen and oxygen atoms in total. The molecule has 20 heavy (non-hydrogen) atoms. The number of ether oxygens (including phenoxy) is 3. The number of hydrogen-bond donors (Lipinski definition) is 2. The average molecular weight is 310 g/mol. The van der Waals surface area contributed by atoms with E-state index in [0.717, 1.165) is 0 Å². The van der Waals surface area contributed by atoms with Crippen LogP contribution < -0.4 is 0 Å². The van der Waals surface area contributed by atoms with Crippen LogP contribution in [0.3, 0.4) is 0 Å². The second kappa shape index (κ2) is 9.80. The summed E-state index contributed by atoms with van der Waals surface area (Å²) in [6.45, 7) is 6.36. The zero-order chi connectivity index (χ0) is 14.8. The van der Waals surface area contributed by atoms with Gasteiger partial charge in [0.15, 0.2) is 0 Å². The molecule has 1 aliphatic heterocycles. The van der Waals surface area contributed by atoms with Crippen LogP contribution in [0.1, 0.15) is 13.8 Å². The van der Waals surface area contributed by atoms with Crippen LogP contribution in [0.4, 0.5) is 0 Å². The Labute approximate surface area is 121 Å². The molecular formula is C12H26O7Si. The van der Waals surface area contributed by atoms with Gasteiger partial charge in [-0.05, 0) is 0 Å². The second-order valence-corrected chi connectivity index (χ2v) is 7.84. The van der Waals surface area contributed by atoms with E-state index >= 15 is 0 Å². The molecule has 2 N–H and O–H groups in total. The van der Waals surface area contributed by atoms with Gasteiger partial charge in [0.1, 0.15) is 6.10 Å². The van der Waals surface area contributed by atoms with Gasteiger partial charge in [-0.25, -0.2) is 0 Å². The van der Waals surface area contributed by atoms with Gasteiger partial charge >= 0.3 is 8.80 Å². The molecule has 1 saturated heterocycles. The molecule has 1 aliphatic rings. The molecule has 0 aromatic carbocycles. The minimum Gasteiger partial charge on any atom is -0.394 e. The third-order valence-electron chi connectivity index (χ3n) is 2.86. The summed E-state index contributed by atoms with van der Waals surface area (Å²) in [5.41, 5.74) is -0.0333. The fourth-order valence-electron chi connectivity index (χ4n) is 1.63. The van der Waals surface area contributed by atoms with Crippen molar-refractivity contribution >= 4 is 8.80 Å². The third kappa shape index (κ3) is 6.59. The summed E-state index contributed by atoms with van der Waals surface area (Å²) in [6.07, 6.45) is -0.213. The molecule has 1 rings (SSSR count). The van der Waals surface area contributed by atoms with E-state index in [0.29, 0.717) is 39.6 Å². The molecule has 0 bridgehead atoms. The lowest BCUT2D eigenvalue weighted by molar-refractivity contribution is -0.0862. The molecule has 0 aliphatic carbocycles. The lowest BCUT2D eigenvalue weighted by atomic mass is 10.4. The third-order valence-corrected chi connectivity index (χ3v) is 5.52. The van der Waals surface area contributed by atoms with E-state index < -0.39 is 8.80 Å². The highest BCUT2D eigenvalue weighted by molar-refractivity contribution is 6.60. The molecule has 0 amide bonds. The van der Waals surface area contributed by atoms with Gasteiger partial charge in [0.2, 0.25) is 0 Å². The van der Waals surface area contributed by atoms with E-state index in [1.807, 2.05) is 13.8 Å². The Morgan fingerprint density at radius 1 is 1.15 bits per heavy atom. The predicted octanol–water partition coefficient (Wildman–Crippen LogP) is -0.215. The molecule has 0 spiro atoms. The van der Waals surface area contributed by atoms with E-state index in [-0.39, 0.29) is 24.9 Å². The Balaban J connectivity index is 2.22.